The normalized spacial score (nSPS) is 15.5. The van der Waals surface area contributed by atoms with E-state index < -0.39 is 5.97 Å². The number of fused-ring (bicyclic) bond motifs is 1. The lowest BCUT2D eigenvalue weighted by Crippen LogP contribution is -2.14. The van der Waals surface area contributed by atoms with Crippen molar-refractivity contribution in [3.05, 3.63) is 45.8 Å². The van der Waals surface area contributed by atoms with Gasteiger partial charge in [0.25, 0.3) is 0 Å². The number of esters is 1. The van der Waals surface area contributed by atoms with Crippen LogP contribution in [0.3, 0.4) is 0 Å². The molecule has 1 N–H and O–H groups in total. The summed E-state index contributed by atoms with van der Waals surface area (Å²) in [6.07, 6.45) is 5.91. The van der Waals surface area contributed by atoms with Gasteiger partial charge < -0.3 is 19.5 Å². The third kappa shape index (κ3) is 4.84. The molecule has 1 unspecified atom stereocenters. The first-order valence-corrected chi connectivity index (χ1v) is 10.8. The van der Waals surface area contributed by atoms with Crippen LogP contribution in [-0.2, 0) is 22.4 Å². The first-order valence-electron chi connectivity index (χ1n) is 9.99. The smallest absolute Gasteiger partial charge is 0.341 e. The van der Waals surface area contributed by atoms with Crippen molar-refractivity contribution in [3.8, 4) is 11.5 Å². The predicted octanol–water partition coefficient (Wildman–Crippen LogP) is 4.72. The Hall–Kier alpha value is -2.80. The minimum Gasteiger partial charge on any atom is -0.493 e. The van der Waals surface area contributed by atoms with Gasteiger partial charge in [-0.2, -0.15) is 0 Å². The number of ether oxygens (including phenoxy) is 3. The Balaban J connectivity index is 1.79. The monoisotopic (exact) mass is 429 g/mol. The van der Waals surface area contributed by atoms with Crippen LogP contribution in [0.1, 0.15) is 46.6 Å². The van der Waals surface area contributed by atoms with E-state index in [2.05, 4.69) is 12.2 Å². The number of carbonyl (C=O) groups excluding carboxylic acids is 2. The van der Waals surface area contributed by atoms with Gasteiger partial charge in [-0.3, -0.25) is 4.79 Å². The van der Waals surface area contributed by atoms with Crippen molar-refractivity contribution in [2.45, 2.75) is 33.1 Å². The van der Waals surface area contributed by atoms with E-state index in [0.717, 1.165) is 35.3 Å². The second kappa shape index (κ2) is 9.80. The van der Waals surface area contributed by atoms with E-state index >= 15 is 0 Å². The number of thiophene rings is 1. The maximum Gasteiger partial charge on any atom is 0.341 e. The van der Waals surface area contributed by atoms with Gasteiger partial charge in [0.15, 0.2) is 11.5 Å². The van der Waals surface area contributed by atoms with Gasteiger partial charge in [-0.05, 0) is 61.4 Å². The summed E-state index contributed by atoms with van der Waals surface area (Å²) >= 11 is 1.47. The molecule has 0 spiro atoms. The Morgan fingerprint density at radius 2 is 2.07 bits per heavy atom. The van der Waals surface area contributed by atoms with Crippen LogP contribution in [0.2, 0.25) is 0 Å². The highest BCUT2D eigenvalue weighted by Crippen LogP contribution is 2.40. The molecule has 1 aromatic heterocycles. The minimum absolute atomic E-state index is 0.306. The molecule has 0 bridgehead atoms. The molecule has 7 heteroatoms. The van der Waals surface area contributed by atoms with Gasteiger partial charge in [0.1, 0.15) is 5.00 Å². The van der Waals surface area contributed by atoms with E-state index in [-0.39, 0.29) is 5.91 Å². The van der Waals surface area contributed by atoms with E-state index in [0.29, 0.717) is 34.6 Å². The van der Waals surface area contributed by atoms with E-state index in [1.807, 2.05) is 19.1 Å². The van der Waals surface area contributed by atoms with Crippen LogP contribution in [-0.4, -0.2) is 32.7 Å². The number of benzene rings is 1. The molecule has 6 nitrogen and oxygen atoms in total. The van der Waals surface area contributed by atoms with Crippen molar-refractivity contribution in [3.63, 3.8) is 0 Å². The number of anilines is 1. The molecule has 0 radical (unpaired) electrons. The van der Waals surface area contributed by atoms with Crippen LogP contribution in [0.5, 0.6) is 11.5 Å². The molecule has 1 amide bonds. The number of nitrogens with one attached hydrogen (secondary N) is 1. The van der Waals surface area contributed by atoms with E-state index in [9.17, 15) is 9.59 Å². The van der Waals surface area contributed by atoms with Gasteiger partial charge in [-0.25, -0.2) is 4.79 Å². The zero-order valence-corrected chi connectivity index (χ0v) is 18.6. The highest BCUT2D eigenvalue weighted by molar-refractivity contribution is 7.17. The molecular formula is C23H27NO5S. The SMILES string of the molecule is CCOc1ccc(/C=C/C(=O)Nc2sc3c(c2C(=O)OC)CCC(C)C3)cc1OC. The largest absolute Gasteiger partial charge is 0.493 e. The Kier molecular flexibility index (Phi) is 7.15. The van der Waals surface area contributed by atoms with Crippen molar-refractivity contribution in [1.82, 2.24) is 0 Å². The van der Waals surface area contributed by atoms with Crippen molar-refractivity contribution >= 4 is 34.3 Å². The molecule has 0 aliphatic heterocycles. The van der Waals surface area contributed by atoms with Gasteiger partial charge in [0, 0.05) is 11.0 Å². The average molecular weight is 430 g/mol. The number of hydrogen-bond acceptors (Lipinski definition) is 6. The zero-order chi connectivity index (χ0) is 21.7. The molecule has 1 atom stereocenters. The van der Waals surface area contributed by atoms with E-state index in [1.54, 1.807) is 19.3 Å². The summed E-state index contributed by atoms with van der Waals surface area (Å²) in [5, 5.41) is 3.42. The second-order valence-corrected chi connectivity index (χ2v) is 8.32. The van der Waals surface area contributed by atoms with Crippen molar-refractivity contribution in [2.75, 3.05) is 26.1 Å². The highest BCUT2D eigenvalue weighted by Gasteiger charge is 2.28. The van der Waals surface area contributed by atoms with Crippen molar-refractivity contribution < 1.29 is 23.8 Å². The van der Waals surface area contributed by atoms with Crippen LogP contribution < -0.4 is 14.8 Å². The average Bonchev–Trinajstić information content (AvgIpc) is 3.09. The second-order valence-electron chi connectivity index (χ2n) is 7.21. The van der Waals surface area contributed by atoms with Gasteiger partial charge >= 0.3 is 5.97 Å². The predicted molar refractivity (Wildman–Crippen MR) is 119 cm³/mol. The summed E-state index contributed by atoms with van der Waals surface area (Å²) in [6, 6.07) is 5.46. The molecule has 1 aromatic carbocycles. The number of methoxy groups -OCH3 is 2. The maximum atomic E-state index is 12.6. The topological polar surface area (TPSA) is 73.9 Å². The Morgan fingerprint density at radius 3 is 2.77 bits per heavy atom. The molecular weight excluding hydrogens is 402 g/mol. The summed E-state index contributed by atoms with van der Waals surface area (Å²) in [6.45, 7) is 4.65. The number of rotatable bonds is 7. The highest BCUT2D eigenvalue weighted by atomic mass is 32.1. The lowest BCUT2D eigenvalue weighted by atomic mass is 9.88. The number of amides is 1. The van der Waals surface area contributed by atoms with Crippen LogP contribution in [0.15, 0.2) is 24.3 Å². The Labute approximate surface area is 180 Å². The zero-order valence-electron chi connectivity index (χ0n) is 17.7. The number of carbonyl (C=O) groups is 2. The summed E-state index contributed by atoms with van der Waals surface area (Å²) in [4.78, 5) is 26.1. The first kappa shape index (κ1) is 21.9. The summed E-state index contributed by atoms with van der Waals surface area (Å²) in [5.41, 5.74) is 2.31. The summed E-state index contributed by atoms with van der Waals surface area (Å²) in [7, 11) is 2.94. The molecule has 1 aliphatic rings. The van der Waals surface area contributed by atoms with Crippen LogP contribution in [0, 0.1) is 5.92 Å². The molecule has 1 aliphatic carbocycles. The van der Waals surface area contributed by atoms with Crippen molar-refractivity contribution in [1.29, 1.82) is 0 Å². The fraction of sp³-hybridized carbons (Fsp3) is 0.391. The molecule has 1 heterocycles. The molecule has 0 saturated carbocycles. The molecule has 0 fully saturated rings. The van der Waals surface area contributed by atoms with Crippen LogP contribution >= 0.6 is 11.3 Å². The standard InChI is InChI=1S/C23H27NO5S/c1-5-29-17-10-7-15(13-18(17)27-3)8-11-20(25)24-22-21(23(26)28-4)16-9-6-14(2)12-19(16)30-22/h7-8,10-11,13-14H,5-6,9,12H2,1-4H3,(H,24,25)/b11-8+. The van der Waals surface area contributed by atoms with Gasteiger partial charge in [-0.1, -0.05) is 13.0 Å². The fourth-order valence-electron chi connectivity index (χ4n) is 3.54. The van der Waals surface area contributed by atoms with Crippen LogP contribution in [0.4, 0.5) is 5.00 Å². The molecule has 30 heavy (non-hydrogen) atoms. The molecule has 2 aromatic rings. The van der Waals surface area contributed by atoms with Gasteiger partial charge in [0.2, 0.25) is 5.91 Å². The third-order valence-electron chi connectivity index (χ3n) is 5.05. The van der Waals surface area contributed by atoms with Gasteiger partial charge in [0.05, 0.1) is 26.4 Å². The number of hydrogen-bond donors (Lipinski definition) is 1. The lowest BCUT2D eigenvalue weighted by molar-refractivity contribution is -0.111. The Bertz CT molecular complexity index is 963. The first-order chi connectivity index (χ1) is 14.5. The van der Waals surface area contributed by atoms with Crippen LogP contribution in [0.25, 0.3) is 6.08 Å². The molecule has 0 saturated heterocycles. The minimum atomic E-state index is -0.405. The van der Waals surface area contributed by atoms with Gasteiger partial charge in [-0.15, -0.1) is 11.3 Å². The Morgan fingerprint density at radius 1 is 1.27 bits per heavy atom. The molecule has 3 rings (SSSR count). The maximum absolute atomic E-state index is 12.6. The van der Waals surface area contributed by atoms with Crippen molar-refractivity contribution in [2.24, 2.45) is 5.92 Å². The summed E-state index contributed by atoms with van der Waals surface area (Å²) in [5.74, 6) is 1.12. The van der Waals surface area contributed by atoms with E-state index in [4.69, 9.17) is 14.2 Å². The van der Waals surface area contributed by atoms with E-state index in [1.165, 1.54) is 24.5 Å². The fourth-order valence-corrected chi connectivity index (χ4v) is 4.95. The summed E-state index contributed by atoms with van der Waals surface area (Å²) < 4.78 is 15.8. The molecule has 160 valence electrons. The quantitative estimate of drug-likeness (QED) is 0.509. The third-order valence-corrected chi connectivity index (χ3v) is 6.22. The lowest BCUT2D eigenvalue weighted by Gasteiger charge is -2.18.